The molecule has 1 N–H and O–H groups in total. The summed E-state index contributed by atoms with van der Waals surface area (Å²) in [7, 11) is 1.62. The molecule has 5 heteroatoms. The van der Waals surface area contributed by atoms with Crippen molar-refractivity contribution >= 4 is 16.8 Å². The number of nitrogens with zero attached hydrogens (tertiary/aromatic N) is 2. The van der Waals surface area contributed by atoms with Gasteiger partial charge in [-0.25, -0.2) is 0 Å². The van der Waals surface area contributed by atoms with Gasteiger partial charge in [0.15, 0.2) is 0 Å². The van der Waals surface area contributed by atoms with E-state index in [1.54, 1.807) is 7.11 Å². The molecule has 2 aromatic rings. The summed E-state index contributed by atoms with van der Waals surface area (Å²) in [5, 5.41) is 8.41. The lowest BCUT2D eigenvalue weighted by atomic mass is 10.2. The number of carbonyl (C=O) groups is 1. The lowest BCUT2D eigenvalue weighted by Gasteiger charge is -2.05. The lowest BCUT2D eigenvalue weighted by Crippen LogP contribution is -2.27. The molecule has 1 aromatic carbocycles. The Morgan fingerprint density at radius 2 is 2.21 bits per heavy atom. The summed E-state index contributed by atoms with van der Waals surface area (Å²) in [6.45, 7) is 3.66. The molecule has 19 heavy (non-hydrogen) atoms. The normalized spacial score (nSPS) is 10.8. The number of aromatic nitrogens is 2. The molecule has 5 nitrogen and oxygen atoms in total. The van der Waals surface area contributed by atoms with Crippen LogP contribution in [0.5, 0.6) is 0 Å². The Bertz CT molecular complexity index is 563. The van der Waals surface area contributed by atoms with Crippen LogP contribution >= 0.6 is 0 Å². The van der Waals surface area contributed by atoms with Gasteiger partial charge in [-0.05, 0) is 13.0 Å². The highest BCUT2D eigenvalue weighted by atomic mass is 16.5. The monoisotopic (exact) mass is 261 g/mol. The van der Waals surface area contributed by atoms with Crippen molar-refractivity contribution in [2.24, 2.45) is 0 Å². The van der Waals surface area contributed by atoms with Gasteiger partial charge in [-0.1, -0.05) is 18.2 Å². The molecular weight excluding hydrogens is 242 g/mol. The molecule has 2 rings (SSSR count). The van der Waals surface area contributed by atoms with Crippen molar-refractivity contribution in [2.75, 3.05) is 20.3 Å². The number of hydrogen-bond acceptors (Lipinski definition) is 3. The maximum atomic E-state index is 11.6. The van der Waals surface area contributed by atoms with Gasteiger partial charge in [0.05, 0.1) is 24.4 Å². The van der Waals surface area contributed by atoms with Crippen molar-refractivity contribution in [2.45, 2.75) is 19.9 Å². The van der Waals surface area contributed by atoms with Gasteiger partial charge in [0, 0.05) is 25.5 Å². The number of aryl methyl sites for hydroxylation is 2. The van der Waals surface area contributed by atoms with Gasteiger partial charge in [-0.2, -0.15) is 5.10 Å². The largest absolute Gasteiger partial charge is 0.383 e. The van der Waals surface area contributed by atoms with Crippen LogP contribution in [0.2, 0.25) is 0 Å². The summed E-state index contributed by atoms with van der Waals surface area (Å²) in [6.07, 6.45) is 0.425. The molecule has 0 saturated carbocycles. The molecule has 0 bridgehead atoms. The molecule has 0 aliphatic carbocycles. The number of para-hydroxylation sites is 1. The molecule has 1 amide bonds. The third-order valence-corrected chi connectivity index (χ3v) is 3.02. The van der Waals surface area contributed by atoms with Gasteiger partial charge < -0.3 is 10.1 Å². The number of methoxy groups -OCH3 is 1. The van der Waals surface area contributed by atoms with Crippen LogP contribution in [0.4, 0.5) is 0 Å². The summed E-state index contributed by atoms with van der Waals surface area (Å²) >= 11 is 0. The first kappa shape index (κ1) is 13.5. The number of hydrogen-bond donors (Lipinski definition) is 1. The highest BCUT2D eigenvalue weighted by Crippen LogP contribution is 2.17. The number of nitrogens with one attached hydrogen (secondary N) is 1. The molecule has 1 aromatic heterocycles. The molecule has 0 aliphatic rings. The highest BCUT2D eigenvalue weighted by Gasteiger charge is 2.08. The van der Waals surface area contributed by atoms with E-state index >= 15 is 0 Å². The third kappa shape index (κ3) is 3.32. The number of ether oxygens (including phenoxy) is 1. The average molecular weight is 261 g/mol. The predicted octanol–water partition coefficient (Wildman–Crippen LogP) is 1.50. The Kier molecular flexibility index (Phi) is 4.52. The number of amides is 1. The molecule has 0 atom stereocenters. The molecule has 102 valence electrons. The fourth-order valence-corrected chi connectivity index (χ4v) is 2.05. The smallest absolute Gasteiger partial charge is 0.221 e. The first-order valence-electron chi connectivity index (χ1n) is 6.40. The maximum Gasteiger partial charge on any atom is 0.221 e. The van der Waals surface area contributed by atoms with Crippen LogP contribution < -0.4 is 5.32 Å². The number of benzene rings is 1. The van der Waals surface area contributed by atoms with Crippen molar-refractivity contribution in [1.82, 2.24) is 15.1 Å². The second-order valence-corrected chi connectivity index (χ2v) is 4.42. The van der Waals surface area contributed by atoms with E-state index in [4.69, 9.17) is 4.74 Å². The second-order valence-electron chi connectivity index (χ2n) is 4.42. The Morgan fingerprint density at radius 3 is 3.00 bits per heavy atom. The molecule has 0 unspecified atom stereocenters. The van der Waals surface area contributed by atoms with E-state index in [1.165, 1.54) is 0 Å². The Hall–Kier alpha value is -1.88. The Labute approximate surface area is 112 Å². The summed E-state index contributed by atoms with van der Waals surface area (Å²) in [5.41, 5.74) is 2.07. The van der Waals surface area contributed by atoms with Gasteiger partial charge in [0.1, 0.15) is 0 Å². The van der Waals surface area contributed by atoms with E-state index in [9.17, 15) is 4.79 Å². The van der Waals surface area contributed by atoms with Gasteiger partial charge in [-0.3, -0.25) is 9.48 Å². The molecule has 0 spiro atoms. The molecule has 0 fully saturated rings. The highest BCUT2D eigenvalue weighted by molar-refractivity contribution is 5.82. The van der Waals surface area contributed by atoms with E-state index in [0.29, 0.717) is 26.1 Å². The first-order valence-corrected chi connectivity index (χ1v) is 6.40. The zero-order valence-corrected chi connectivity index (χ0v) is 11.3. The summed E-state index contributed by atoms with van der Waals surface area (Å²) in [6, 6.07) is 8.06. The lowest BCUT2D eigenvalue weighted by molar-refractivity contribution is -0.121. The SMILES string of the molecule is COCCNC(=O)CCn1nc(C)c2ccccc21. The number of fused-ring (bicyclic) bond motifs is 1. The van der Waals surface area contributed by atoms with E-state index in [0.717, 1.165) is 16.6 Å². The predicted molar refractivity (Wildman–Crippen MR) is 74.0 cm³/mol. The van der Waals surface area contributed by atoms with Crippen LogP contribution in [-0.2, 0) is 16.1 Å². The van der Waals surface area contributed by atoms with Gasteiger partial charge >= 0.3 is 0 Å². The Balaban J connectivity index is 1.96. The summed E-state index contributed by atoms with van der Waals surface area (Å²) in [5.74, 6) is 0.0225. The van der Waals surface area contributed by atoms with Gasteiger partial charge in [0.2, 0.25) is 5.91 Å². The number of carbonyl (C=O) groups excluding carboxylic acids is 1. The van der Waals surface area contributed by atoms with Crippen LogP contribution in [0.1, 0.15) is 12.1 Å². The number of rotatable bonds is 6. The van der Waals surface area contributed by atoms with Crippen molar-refractivity contribution in [1.29, 1.82) is 0 Å². The van der Waals surface area contributed by atoms with E-state index < -0.39 is 0 Å². The molecular formula is C14H19N3O2. The average Bonchev–Trinajstić information content (AvgIpc) is 2.74. The van der Waals surface area contributed by atoms with Crippen molar-refractivity contribution in [3.05, 3.63) is 30.0 Å². The molecule has 0 aliphatic heterocycles. The van der Waals surface area contributed by atoms with Crippen LogP contribution in [0.3, 0.4) is 0 Å². The zero-order valence-electron chi connectivity index (χ0n) is 11.3. The van der Waals surface area contributed by atoms with Crippen LogP contribution in [0.15, 0.2) is 24.3 Å². The molecule has 1 heterocycles. The zero-order chi connectivity index (χ0) is 13.7. The molecule has 0 saturated heterocycles. The van der Waals surface area contributed by atoms with Crippen LogP contribution in [0, 0.1) is 6.92 Å². The van der Waals surface area contributed by atoms with E-state index in [1.807, 2.05) is 35.9 Å². The molecule has 0 radical (unpaired) electrons. The van der Waals surface area contributed by atoms with E-state index in [-0.39, 0.29) is 5.91 Å². The summed E-state index contributed by atoms with van der Waals surface area (Å²) in [4.78, 5) is 11.6. The Morgan fingerprint density at radius 1 is 1.42 bits per heavy atom. The fraction of sp³-hybridized carbons (Fsp3) is 0.429. The topological polar surface area (TPSA) is 56.1 Å². The van der Waals surface area contributed by atoms with Crippen molar-refractivity contribution < 1.29 is 9.53 Å². The first-order chi connectivity index (χ1) is 9.22. The van der Waals surface area contributed by atoms with E-state index in [2.05, 4.69) is 10.4 Å². The quantitative estimate of drug-likeness (QED) is 0.802. The van der Waals surface area contributed by atoms with Gasteiger partial charge in [-0.15, -0.1) is 0 Å². The van der Waals surface area contributed by atoms with Crippen molar-refractivity contribution in [3.8, 4) is 0 Å². The minimum absolute atomic E-state index is 0.0225. The minimum Gasteiger partial charge on any atom is -0.383 e. The fourth-order valence-electron chi connectivity index (χ4n) is 2.05. The second kappa shape index (κ2) is 6.33. The summed E-state index contributed by atoms with van der Waals surface area (Å²) < 4.78 is 6.77. The maximum absolute atomic E-state index is 11.6. The van der Waals surface area contributed by atoms with Crippen molar-refractivity contribution in [3.63, 3.8) is 0 Å². The minimum atomic E-state index is 0.0225. The third-order valence-electron chi connectivity index (χ3n) is 3.02. The standard InChI is InChI=1S/C14H19N3O2/c1-11-12-5-3-4-6-13(12)17(16-11)9-7-14(18)15-8-10-19-2/h3-6H,7-10H2,1-2H3,(H,15,18). The van der Waals surface area contributed by atoms with Crippen LogP contribution in [-0.4, -0.2) is 35.9 Å². The van der Waals surface area contributed by atoms with Crippen LogP contribution in [0.25, 0.3) is 10.9 Å². The van der Waals surface area contributed by atoms with Gasteiger partial charge in [0.25, 0.3) is 0 Å².